The van der Waals surface area contributed by atoms with Crippen LogP contribution in [-0.4, -0.2) is 40.9 Å². The number of benzene rings is 1. The average Bonchev–Trinajstić information content (AvgIpc) is 3.07. The molecule has 0 saturated carbocycles. The molecule has 2 heterocycles. The largest absolute Gasteiger partial charge is 0.451 e. The molecule has 1 fully saturated rings. The summed E-state index contributed by atoms with van der Waals surface area (Å²) in [4.78, 5) is 45.0. The van der Waals surface area contributed by atoms with Crippen LogP contribution in [0, 0.1) is 6.92 Å². The molecule has 8 heteroatoms. The number of rotatable bonds is 5. The lowest BCUT2D eigenvalue weighted by atomic mass is 10.2. The zero-order chi connectivity index (χ0) is 18.5. The average molecular weight is 354 g/mol. The van der Waals surface area contributed by atoms with E-state index in [1.54, 1.807) is 36.1 Å². The highest BCUT2D eigenvalue weighted by Crippen LogP contribution is 2.22. The molecule has 0 atom stereocenters. The van der Waals surface area contributed by atoms with Crippen LogP contribution in [0.15, 0.2) is 36.7 Å². The third kappa shape index (κ3) is 4.21. The Morgan fingerprint density at radius 3 is 2.58 bits per heavy atom. The van der Waals surface area contributed by atoms with Crippen LogP contribution in [0.3, 0.4) is 0 Å². The van der Waals surface area contributed by atoms with Gasteiger partial charge >= 0.3 is 5.97 Å². The number of carbonyl (C=O) groups is 3. The molecule has 0 aliphatic carbocycles. The van der Waals surface area contributed by atoms with Crippen LogP contribution in [0.4, 0.5) is 11.4 Å². The van der Waals surface area contributed by atoms with Crippen LogP contribution in [-0.2, 0) is 14.3 Å². The molecule has 1 saturated heterocycles. The maximum absolute atomic E-state index is 11.9. The Labute approximate surface area is 150 Å². The minimum absolute atomic E-state index is 0.0445. The lowest BCUT2D eigenvalue weighted by Crippen LogP contribution is -2.24. The molecular weight excluding hydrogens is 336 g/mol. The van der Waals surface area contributed by atoms with E-state index in [9.17, 15) is 14.4 Å². The van der Waals surface area contributed by atoms with Gasteiger partial charge in [-0.2, -0.15) is 0 Å². The van der Waals surface area contributed by atoms with Gasteiger partial charge in [-0.15, -0.1) is 0 Å². The Bertz CT molecular complexity index is 818. The number of amides is 2. The first-order chi connectivity index (χ1) is 12.5. The first-order valence-electron chi connectivity index (χ1n) is 8.19. The van der Waals surface area contributed by atoms with Crippen molar-refractivity contribution in [1.29, 1.82) is 0 Å². The molecule has 1 aliphatic heterocycles. The van der Waals surface area contributed by atoms with E-state index in [-0.39, 0.29) is 11.6 Å². The Morgan fingerprint density at radius 1 is 1.19 bits per heavy atom. The molecule has 1 aromatic carbocycles. The SMILES string of the molecule is Cc1cnc(C(=O)OCC(=O)Nc2ccc(N3CCCC3=O)cc2)cn1. The third-order valence-corrected chi connectivity index (χ3v) is 3.86. The second-order valence-electron chi connectivity index (χ2n) is 5.86. The van der Waals surface area contributed by atoms with Crippen molar-refractivity contribution in [3.63, 3.8) is 0 Å². The van der Waals surface area contributed by atoms with Crippen LogP contribution in [0.1, 0.15) is 29.0 Å². The van der Waals surface area contributed by atoms with Crippen LogP contribution >= 0.6 is 0 Å². The van der Waals surface area contributed by atoms with Crippen molar-refractivity contribution < 1.29 is 19.1 Å². The highest BCUT2D eigenvalue weighted by Gasteiger charge is 2.21. The van der Waals surface area contributed by atoms with Crippen LogP contribution in [0.25, 0.3) is 0 Å². The van der Waals surface area contributed by atoms with E-state index >= 15 is 0 Å². The highest BCUT2D eigenvalue weighted by molar-refractivity contribution is 5.97. The number of aryl methyl sites for hydroxylation is 1. The second-order valence-corrected chi connectivity index (χ2v) is 5.86. The van der Waals surface area contributed by atoms with Crippen molar-refractivity contribution in [2.24, 2.45) is 0 Å². The summed E-state index contributed by atoms with van der Waals surface area (Å²) in [7, 11) is 0. The smallest absolute Gasteiger partial charge is 0.359 e. The molecule has 26 heavy (non-hydrogen) atoms. The van der Waals surface area contributed by atoms with Gasteiger partial charge in [0.15, 0.2) is 12.3 Å². The zero-order valence-corrected chi connectivity index (χ0v) is 14.3. The summed E-state index contributed by atoms with van der Waals surface area (Å²) in [6, 6.07) is 6.94. The van der Waals surface area contributed by atoms with E-state index in [2.05, 4.69) is 15.3 Å². The summed E-state index contributed by atoms with van der Waals surface area (Å²) < 4.78 is 4.91. The van der Waals surface area contributed by atoms with Gasteiger partial charge in [-0.3, -0.25) is 14.6 Å². The molecule has 0 spiro atoms. The molecule has 1 aliphatic rings. The van der Waals surface area contributed by atoms with Gasteiger partial charge in [0.25, 0.3) is 5.91 Å². The maximum Gasteiger partial charge on any atom is 0.359 e. The first-order valence-corrected chi connectivity index (χ1v) is 8.19. The fourth-order valence-corrected chi connectivity index (χ4v) is 2.55. The monoisotopic (exact) mass is 354 g/mol. The lowest BCUT2D eigenvalue weighted by molar-refractivity contribution is -0.119. The van der Waals surface area contributed by atoms with Gasteiger partial charge in [0.1, 0.15) is 0 Å². The van der Waals surface area contributed by atoms with Crippen LogP contribution in [0.2, 0.25) is 0 Å². The number of anilines is 2. The summed E-state index contributed by atoms with van der Waals surface area (Å²) in [5, 5.41) is 2.63. The molecule has 1 aromatic heterocycles. The van der Waals surface area contributed by atoms with Gasteiger partial charge in [-0.05, 0) is 37.6 Å². The number of ether oxygens (including phenoxy) is 1. The summed E-state index contributed by atoms with van der Waals surface area (Å²) >= 11 is 0. The van der Waals surface area contributed by atoms with Crippen molar-refractivity contribution >= 4 is 29.2 Å². The standard InChI is InChI=1S/C18H18N4O4/c1-12-9-20-15(10-19-12)18(25)26-11-16(23)21-13-4-6-14(7-5-13)22-8-2-3-17(22)24/h4-7,9-10H,2-3,8,11H2,1H3,(H,21,23). The highest BCUT2D eigenvalue weighted by atomic mass is 16.5. The molecule has 134 valence electrons. The molecule has 2 amide bonds. The molecule has 1 N–H and O–H groups in total. The summed E-state index contributed by atoms with van der Waals surface area (Å²) in [6.45, 7) is 2.03. The van der Waals surface area contributed by atoms with Crippen LogP contribution in [0.5, 0.6) is 0 Å². The number of aromatic nitrogens is 2. The number of carbonyl (C=O) groups excluding carboxylic acids is 3. The maximum atomic E-state index is 11.9. The van der Waals surface area contributed by atoms with Crippen molar-refractivity contribution in [3.8, 4) is 0 Å². The number of esters is 1. The molecule has 8 nitrogen and oxygen atoms in total. The molecule has 0 radical (unpaired) electrons. The van der Waals surface area contributed by atoms with E-state index in [0.717, 1.165) is 12.1 Å². The van der Waals surface area contributed by atoms with E-state index in [0.29, 0.717) is 24.3 Å². The van der Waals surface area contributed by atoms with Crippen molar-refractivity contribution in [2.45, 2.75) is 19.8 Å². The summed E-state index contributed by atoms with van der Waals surface area (Å²) in [6.07, 6.45) is 4.17. The number of nitrogens with one attached hydrogen (secondary N) is 1. The van der Waals surface area contributed by atoms with Crippen molar-refractivity contribution in [3.05, 3.63) is 48.0 Å². The van der Waals surface area contributed by atoms with Gasteiger partial charge < -0.3 is 15.0 Å². The predicted molar refractivity (Wildman–Crippen MR) is 93.7 cm³/mol. The van der Waals surface area contributed by atoms with E-state index < -0.39 is 18.5 Å². The molecule has 0 bridgehead atoms. The fraction of sp³-hybridized carbons (Fsp3) is 0.278. The lowest BCUT2D eigenvalue weighted by Gasteiger charge is -2.16. The summed E-state index contributed by atoms with van der Waals surface area (Å²) in [5.74, 6) is -1.08. The molecular formula is C18H18N4O4. The Kier molecular flexibility index (Phi) is 5.21. The number of hydrogen-bond donors (Lipinski definition) is 1. The van der Waals surface area contributed by atoms with Gasteiger partial charge in [-0.1, -0.05) is 0 Å². The molecule has 3 rings (SSSR count). The Hall–Kier alpha value is -3.29. The fourth-order valence-electron chi connectivity index (χ4n) is 2.55. The quantitative estimate of drug-likeness (QED) is 0.820. The van der Waals surface area contributed by atoms with E-state index in [1.807, 2.05) is 0 Å². The van der Waals surface area contributed by atoms with Gasteiger partial charge in [0, 0.05) is 30.5 Å². The van der Waals surface area contributed by atoms with Crippen molar-refractivity contribution in [2.75, 3.05) is 23.4 Å². The third-order valence-electron chi connectivity index (χ3n) is 3.86. The predicted octanol–water partition coefficient (Wildman–Crippen LogP) is 1.71. The van der Waals surface area contributed by atoms with E-state index in [4.69, 9.17) is 4.74 Å². The number of nitrogens with zero attached hydrogens (tertiary/aromatic N) is 3. The Balaban J connectivity index is 1.50. The van der Waals surface area contributed by atoms with Crippen molar-refractivity contribution in [1.82, 2.24) is 9.97 Å². The second kappa shape index (κ2) is 7.73. The normalized spacial score (nSPS) is 13.6. The number of hydrogen-bond acceptors (Lipinski definition) is 6. The topological polar surface area (TPSA) is 101 Å². The molecule has 2 aromatic rings. The zero-order valence-electron chi connectivity index (χ0n) is 14.3. The Morgan fingerprint density at radius 2 is 1.96 bits per heavy atom. The minimum atomic E-state index is -0.712. The van der Waals surface area contributed by atoms with Gasteiger partial charge in [0.05, 0.1) is 11.9 Å². The van der Waals surface area contributed by atoms with Crippen LogP contribution < -0.4 is 10.2 Å². The molecule has 0 unspecified atom stereocenters. The van der Waals surface area contributed by atoms with Gasteiger partial charge in [-0.25, -0.2) is 9.78 Å². The van der Waals surface area contributed by atoms with E-state index in [1.165, 1.54) is 12.4 Å². The summed E-state index contributed by atoms with van der Waals surface area (Å²) in [5.41, 5.74) is 2.08. The minimum Gasteiger partial charge on any atom is -0.451 e. The first kappa shape index (κ1) is 17.5. The van der Waals surface area contributed by atoms with Gasteiger partial charge in [0.2, 0.25) is 5.91 Å².